The maximum Gasteiger partial charge on any atom is 0.272 e. The van der Waals surface area contributed by atoms with Crippen LogP contribution in [0, 0.1) is 6.92 Å². The molecule has 0 spiro atoms. The molecule has 1 aliphatic heterocycles. The molecule has 1 fully saturated rings. The second-order valence-corrected chi connectivity index (χ2v) is 6.60. The van der Waals surface area contributed by atoms with Gasteiger partial charge in [0.05, 0.1) is 5.69 Å². The average molecular weight is 278 g/mol. The summed E-state index contributed by atoms with van der Waals surface area (Å²) in [4.78, 5) is 17.0. The minimum atomic E-state index is 0.101. The van der Waals surface area contributed by atoms with E-state index in [1.54, 1.807) is 4.68 Å². The summed E-state index contributed by atoms with van der Waals surface area (Å²) in [6.45, 7) is 12.2. The van der Waals surface area contributed by atoms with Gasteiger partial charge in [-0.1, -0.05) is 0 Å². The molecular weight excluding hydrogens is 252 g/mol. The number of amides is 1. The molecule has 1 saturated heterocycles. The predicted molar refractivity (Wildman–Crippen MR) is 79.8 cm³/mol. The van der Waals surface area contributed by atoms with Crippen LogP contribution < -0.4 is 0 Å². The Labute approximate surface area is 121 Å². The fraction of sp³-hybridized carbons (Fsp3) is 0.733. The monoisotopic (exact) mass is 278 g/mol. The van der Waals surface area contributed by atoms with Crippen LogP contribution in [-0.4, -0.2) is 57.2 Å². The van der Waals surface area contributed by atoms with Crippen LogP contribution in [0.3, 0.4) is 0 Å². The molecule has 1 amide bonds. The van der Waals surface area contributed by atoms with Gasteiger partial charge in [0.15, 0.2) is 0 Å². The van der Waals surface area contributed by atoms with Gasteiger partial charge in [0.2, 0.25) is 0 Å². The molecule has 0 aromatic carbocycles. The van der Waals surface area contributed by atoms with E-state index in [9.17, 15) is 4.79 Å². The van der Waals surface area contributed by atoms with Gasteiger partial charge in [-0.3, -0.25) is 14.4 Å². The van der Waals surface area contributed by atoms with E-state index in [0.717, 1.165) is 38.3 Å². The zero-order valence-corrected chi connectivity index (χ0v) is 13.3. The number of nitrogens with zero attached hydrogens (tertiary/aromatic N) is 4. The highest BCUT2D eigenvalue weighted by molar-refractivity contribution is 5.92. The maximum atomic E-state index is 12.6. The first-order valence-corrected chi connectivity index (χ1v) is 7.34. The first-order valence-electron chi connectivity index (χ1n) is 7.34. The SMILES string of the molecule is Cc1cc(C(=O)N2CCCN(C(C)(C)C)CC2)n(C)n1. The third-order valence-electron chi connectivity index (χ3n) is 3.95. The average Bonchev–Trinajstić information content (AvgIpc) is 2.56. The highest BCUT2D eigenvalue weighted by atomic mass is 16.2. The Hall–Kier alpha value is -1.36. The number of hydrogen-bond donors (Lipinski definition) is 0. The number of rotatable bonds is 1. The fourth-order valence-corrected chi connectivity index (χ4v) is 2.76. The van der Waals surface area contributed by atoms with Crippen LogP contribution in [0.25, 0.3) is 0 Å². The molecule has 2 heterocycles. The molecule has 1 aromatic rings. The predicted octanol–water partition coefficient (Wildman–Crippen LogP) is 1.67. The maximum absolute atomic E-state index is 12.6. The highest BCUT2D eigenvalue weighted by Crippen LogP contribution is 2.17. The molecule has 20 heavy (non-hydrogen) atoms. The fourth-order valence-electron chi connectivity index (χ4n) is 2.76. The minimum Gasteiger partial charge on any atom is -0.336 e. The Morgan fingerprint density at radius 3 is 2.45 bits per heavy atom. The van der Waals surface area contributed by atoms with Gasteiger partial charge < -0.3 is 4.90 Å². The lowest BCUT2D eigenvalue weighted by atomic mass is 10.1. The third kappa shape index (κ3) is 3.20. The molecule has 0 atom stereocenters. The Bertz CT molecular complexity index is 487. The summed E-state index contributed by atoms with van der Waals surface area (Å²) in [5, 5.41) is 4.26. The summed E-state index contributed by atoms with van der Waals surface area (Å²) < 4.78 is 1.68. The van der Waals surface area contributed by atoms with Crippen molar-refractivity contribution in [2.75, 3.05) is 26.2 Å². The molecule has 0 radical (unpaired) electrons. The molecule has 112 valence electrons. The van der Waals surface area contributed by atoms with E-state index in [4.69, 9.17) is 0 Å². The summed E-state index contributed by atoms with van der Waals surface area (Å²) in [6, 6.07) is 1.87. The van der Waals surface area contributed by atoms with E-state index >= 15 is 0 Å². The van der Waals surface area contributed by atoms with Crippen LogP contribution in [0.5, 0.6) is 0 Å². The van der Waals surface area contributed by atoms with E-state index < -0.39 is 0 Å². The van der Waals surface area contributed by atoms with Crippen LogP contribution >= 0.6 is 0 Å². The van der Waals surface area contributed by atoms with Gasteiger partial charge in [0.25, 0.3) is 5.91 Å². The van der Waals surface area contributed by atoms with Crippen molar-refractivity contribution in [2.45, 2.75) is 39.7 Å². The summed E-state index contributed by atoms with van der Waals surface area (Å²) in [6.07, 6.45) is 1.03. The van der Waals surface area contributed by atoms with Crippen molar-refractivity contribution in [1.82, 2.24) is 19.6 Å². The second-order valence-electron chi connectivity index (χ2n) is 6.60. The van der Waals surface area contributed by atoms with Crippen LogP contribution in [0.4, 0.5) is 0 Å². The number of carbonyl (C=O) groups is 1. The zero-order chi connectivity index (χ0) is 14.9. The summed E-state index contributed by atoms with van der Waals surface area (Å²) in [7, 11) is 1.83. The first-order chi connectivity index (χ1) is 9.29. The van der Waals surface area contributed by atoms with E-state index in [2.05, 4.69) is 30.8 Å². The molecule has 0 N–H and O–H groups in total. The standard InChI is InChI=1S/C15H26N4O/c1-12-11-13(17(5)16-12)14(20)18-7-6-8-19(10-9-18)15(2,3)4/h11H,6-10H2,1-5H3. The molecule has 1 aliphatic rings. The number of carbonyl (C=O) groups excluding carboxylic acids is 1. The number of aryl methyl sites for hydroxylation is 2. The van der Waals surface area contributed by atoms with E-state index in [-0.39, 0.29) is 11.4 Å². The van der Waals surface area contributed by atoms with Crippen LogP contribution in [0.15, 0.2) is 6.07 Å². The lowest BCUT2D eigenvalue weighted by Crippen LogP contribution is -2.44. The molecule has 5 heteroatoms. The Morgan fingerprint density at radius 2 is 1.90 bits per heavy atom. The van der Waals surface area contributed by atoms with Crippen molar-refractivity contribution in [3.8, 4) is 0 Å². The van der Waals surface area contributed by atoms with E-state index in [1.807, 2.05) is 24.9 Å². The summed E-state index contributed by atoms with van der Waals surface area (Å²) in [5.74, 6) is 0.101. The smallest absolute Gasteiger partial charge is 0.272 e. The largest absolute Gasteiger partial charge is 0.336 e. The van der Waals surface area contributed by atoms with Gasteiger partial charge in [0, 0.05) is 38.8 Å². The van der Waals surface area contributed by atoms with Gasteiger partial charge in [-0.15, -0.1) is 0 Å². The summed E-state index contributed by atoms with van der Waals surface area (Å²) >= 11 is 0. The van der Waals surface area contributed by atoms with Crippen molar-refractivity contribution in [3.05, 3.63) is 17.5 Å². The van der Waals surface area contributed by atoms with Crippen molar-refractivity contribution < 1.29 is 4.79 Å². The molecule has 5 nitrogen and oxygen atoms in total. The van der Waals surface area contributed by atoms with Gasteiger partial charge in [0.1, 0.15) is 5.69 Å². The van der Waals surface area contributed by atoms with Gasteiger partial charge in [-0.25, -0.2) is 0 Å². The van der Waals surface area contributed by atoms with Gasteiger partial charge in [-0.2, -0.15) is 5.10 Å². The van der Waals surface area contributed by atoms with E-state index in [1.165, 1.54) is 0 Å². The van der Waals surface area contributed by atoms with E-state index in [0.29, 0.717) is 5.69 Å². The minimum absolute atomic E-state index is 0.101. The van der Waals surface area contributed by atoms with Crippen molar-refractivity contribution in [2.24, 2.45) is 7.05 Å². The van der Waals surface area contributed by atoms with Crippen LogP contribution in [0.1, 0.15) is 43.4 Å². The molecule has 0 bridgehead atoms. The summed E-state index contributed by atoms with van der Waals surface area (Å²) in [5.41, 5.74) is 1.75. The lowest BCUT2D eigenvalue weighted by molar-refractivity contribution is 0.0738. The lowest BCUT2D eigenvalue weighted by Gasteiger charge is -2.34. The molecule has 2 rings (SSSR count). The zero-order valence-electron chi connectivity index (χ0n) is 13.3. The molecule has 1 aromatic heterocycles. The van der Waals surface area contributed by atoms with Crippen molar-refractivity contribution >= 4 is 5.91 Å². The van der Waals surface area contributed by atoms with Gasteiger partial charge >= 0.3 is 0 Å². The second kappa shape index (κ2) is 5.56. The van der Waals surface area contributed by atoms with Crippen LogP contribution in [0.2, 0.25) is 0 Å². The topological polar surface area (TPSA) is 41.4 Å². The molecule has 0 aliphatic carbocycles. The Balaban J connectivity index is 2.07. The van der Waals surface area contributed by atoms with Crippen molar-refractivity contribution in [1.29, 1.82) is 0 Å². The van der Waals surface area contributed by atoms with Crippen molar-refractivity contribution in [3.63, 3.8) is 0 Å². The number of hydrogen-bond acceptors (Lipinski definition) is 3. The third-order valence-corrected chi connectivity index (χ3v) is 3.95. The molecule has 0 saturated carbocycles. The molecular formula is C15H26N4O. The quantitative estimate of drug-likeness (QED) is 0.785. The molecule has 0 unspecified atom stereocenters. The first kappa shape index (κ1) is 15.0. The normalized spacial score (nSPS) is 18.1. The van der Waals surface area contributed by atoms with Crippen LogP contribution in [-0.2, 0) is 7.05 Å². The number of aromatic nitrogens is 2. The highest BCUT2D eigenvalue weighted by Gasteiger charge is 2.27. The Morgan fingerprint density at radius 1 is 1.20 bits per heavy atom. The van der Waals surface area contributed by atoms with Gasteiger partial charge in [-0.05, 0) is 40.2 Å². The Kier molecular flexibility index (Phi) is 4.18.